The van der Waals surface area contributed by atoms with Crippen LogP contribution in [0.2, 0.25) is 0 Å². The number of anilines is 2. The Morgan fingerprint density at radius 2 is 2.02 bits per heavy atom. The topological polar surface area (TPSA) is 97.0 Å². The van der Waals surface area contributed by atoms with E-state index < -0.39 is 29.2 Å². The first kappa shape index (κ1) is 31.5. The summed E-state index contributed by atoms with van der Waals surface area (Å²) in [6.07, 6.45) is -1.82. The number of amides is 1. The zero-order chi connectivity index (χ0) is 32.3. The van der Waals surface area contributed by atoms with Crippen LogP contribution in [0.4, 0.5) is 29.1 Å². The van der Waals surface area contributed by atoms with E-state index in [4.69, 9.17) is 25.2 Å². The van der Waals surface area contributed by atoms with Crippen LogP contribution in [0, 0.1) is 18.7 Å². The van der Waals surface area contributed by atoms with Crippen molar-refractivity contribution in [2.45, 2.75) is 76.9 Å². The Morgan fingerprint density at radius 1 is 1.24 bits per heavy atom. The Balaban J connectivity index is 1.37. The number of hydrogen-bond acceptors (Lipinski definition) is 8. The van der Waals surface area contributed by atoms with E-state index in [1.165, 1.54) is 13.0 Å². The summed E-state index contributed by atoms with van der Waals surface area (Å²) in [4.78, 5) is 28.1. The molecule has 0 radical (unpaired) electrons. The number of aryl methyl sites for hydroxylation is 1. The van der Waals surface area contributed by atoms with Crippen molar-refractivity contribution in [1.82, 2.24) is 19.8 Å². The summed E-state index contributed by atoms with van der Waals surface area (Å²) >= 11 is 0. The first-order chi connectivity index (χ1) is 21.3. The van der Waals surface area contributed by atoms with Crippen molar-refractivity contribution >= 4 is 17.4 Å². The molecule has 1 aromatic carbocycles. The average molecular weight is 633 g/mol. The fourth-order valence-electron chi connectivity index (χ4n) is 7.87. The number of aromatic nitrogens is 2. The maximum Gasteiger partial charge on any atom is 0.417 e. The number of benzene rings is 1. The van der Waals surface area contributed by atoms with Crippen LogP contribution in [-0.2, 0) is 28.7 Å². The maximum absolute atomic E-state index is 15.4. The van der Waals surface area contributed by atoms with Crippen LogP contribution in [-0.4, -0.2) is 76.6 Å². The first-order valence-electron chi connectivity index (χ1n) is 15.5. The van der Waals surface area contributed by atoms with Gasteiger partial charge < -0.3 is 25.0 Å². The summed E-state index contributed by atoms with van der Waals surface area (Å²) < 4.78 is 70.4. The van der Waals surface area contributed by atoms with Crippen LogP contribution in [0.5, 0.6) is 6.01 Å². The molecule has 0 bridgehead atoms. The summed E-state index contributed by atoms with van der Waals surface area (Å²) in [5.74, 6) is -0.207. The molecule has 244 valence electrons. The molecule has 4 aliphatic heterocycles. The van der Waals surface area contributed by atoms with Crippen LogP contribution in [0.3, 0.4) is 0 Å². The highest BCUT2D eigenvalue weighted by Gasteiger charge is 2.48. The number of fused-ring (bicyclic) bond motifs is 2. The molecule has 3 fully saturated rings. The smallest absolute Gasteiger partial charge is 0.417 e. The molecule has 4 atom stereocenters. The predicted molar refractivity (Wildman–Crippen MR) is 160 cm³/mol. The van der Waals surface area contributed by atoms with Crippen molar-refractivity contribution in [2.75, 3.05) is 50.0 Å². The van der Waals surface area contributed by atoms with E-state index in [1.807, 2.05) is 11.8 Å². The number of nitrogens with two attached hydrogens (primary N) is 1. The third kappa shape index (κ3) is 5.73. The molecule has 0 aliphatic carbocycles. The number of carbonyl (C=O) groups excluding carboxylic acids is 1. The Morgan fingerprint density at radius 3 is 2.73 bits per heavy atom. The van der Waals surface area contributed by atoms with Crippen molar-refractivity contribution in [3.8, 4) is 6.01 Å². The lowest BCUT2D eigenvalue weighted by Crippen LogP contribution is -2.54. The van der Waals surface area contributed by atoms with Crippen LogP contribution in [0.1, 0.15) is 67.2 Å². The van der Waals surface area contributed by atoms with Crippen molar-refractivity contribution in [3.05, 3.63) is 52.5 Å². The summed E-state index contributed by atoms with van der Waals surface area (Å²) in [6.45, 7) is 12.7. The average Bonchev–Trinajstić information content (AvgIpc) is 3.51. The molecule has 1 amide bonds. The minimum atomic E-state index is -4.81. The fraction of sp³-hybridized carbons (Fsp3) is 0.594. The summed E-state index contributed by atoms with van der Waals surface area (Å²) in [6, 6.07) is 0.984. The van der Waals surface area contributed by atoms with Crippen molar-refractivity contribution in [2.24, 2.45) is 5.92 Å². The number of nitrogen functional groups attached to an aromatic ring is 1. The van der Waals surface area contributed by atoms with Crippen molar-refractivity contribution < 1.29 is 31.8 Å². The maximum atomic E-state index is 15.4. The number of piperazine rings is 1. The van der Waals surface area contributed by atoms with Gasteiger partial charge in [0.05, 0.1) is 35.2 Å². The third-order valence-corrected chi connectivity index (χ3v) is 9.85. The van der Waals surface area contributed by atoms with E-state index in [9.17, 15) is 18.0 Å². The summed E-state index contributed by atoms with van der Waals surface area (Å²) in [5.41, 5.74) is 4.51. The van der Waals surface area contributed by atoms with Crippen LogP contribution in [0.25, 0.3) is 0 Å². The van der Waals surface area contributed by atoms with Gasteiger partial charge in [-0.3, -0.25) is 9.69 Å². The van der Waals surface area contributed by atoms with E-state index in [1.54, 1.807) is 4.90 Å². The number of nitrogens with zero attached hydrogens (tertiary/aromatic N) is 5. The number of halogens is 4. The minimum absolute atomic E-state index is 0.0989. The second-order valence-corrected chi connectivity index (χ2v) is 13.0. The molecular formula is C32H40F4N6O3. The third-order valence-electron chi connectivity index (χ3n) is 9.85. The number of alkyl halides is 3. The largest absolute Gasteiger partial charge is 0.461 e. The molecule has 2 N–H and O–H groups in total. The Kier molecular flexibility index (Phi) is 8.22. The van der Waals surface area contributed by atoms with Crippen molar-refractivity contribution in [1.29, 1.82) is 0 Å². The molecule has 0 unspecified atom stereocenters. The Hall–Kier alpha value is -3.45. The standard InChI is InChI=1S/C32H40F4N6O3/c1-5-25(43)40-9-10-42(20(4)15-40)29-21-16-44-24(26-27(32(34,35)36)19(3)11-22(37)28(26)33)12-23(21)38-30(39-29)45-17-31-7-6-8-41(31)14-18(2)13-31/h5,11,18,20,24H,1,6-10,12-17,37H2,2-4H3/t18-,20+,24-,31+/m1/s1. The SMILES string of the molecule is C=CC(=O)N1CCN(c2nc(OC[C@@]34CCCN3C[C@H](C)C4)nc3c2CO[C@@H](c2c(F)c(N)cc(C)c2C(F)(F)F)C3)[C@@H](C)C1. The summed E-state index contributed by atoms with van der Waals surface area (Å²) in [5, 5.41) is 0. The van der Waals surface area contributed by atoms with Gasteiger partial charge in [-0.15, -0.1) is 0 Å². The van der Waals surface area contributed by atoms with Gasteiger partial charge in [0.15, 0.2) is 5.82 Å². The van der Waals surface area contributed by atoms with Gasteiger partial charge in [0.25, 0.3) is 0 Å². The van der Waals surface area contributed by atoms with E-state index >= 15 is 4.39 Å². The fourth-order valence-corrected chi connectivity index (χ4v) is 7.87. The van der Waals surface area contributed by atoms with E-state index in [0.29, 0.717) is 49.2 Å². The molecule has 0 saturated carbocycles. The highest BCUT2D eigenvalue weighted by atomic mass is 19.4. The highest BCUT2D eigenvalue weighted by Crippen LogP contribution is 2.45. The molecule has 45 heavy (non-hydrogen) atoms. The molecule has 9 nitrogen and oxygen atoms in total. The highest BCUT2D eigenvalue weighted by molar-refractivity contribution is 5.87. The number of hydrogen-bond donors (Lipinski definition) is 1. The zero-order valence-corrected chi connectivity index (χ0v) is 25.9. The van der Waals surface area contributed by atoms with Gasteiger partial charge in [-0.2, -0.15) is 23.1 Å². The summed E-state index contributed by atoms with van der Waals surface area (Å²) in [7, 11) is 0. The predicted octanol–water partition coefficient (Wildman–Crippen LogP) is 4.82. The zero-order valence-electron chi connectivity index (χ0n) is 25.9. The van der Waals surface area contributed by atoms with Gasteiger partial charge in [0.1, 0.15) is 12.4 Å². The normalized spacial score (nSPS) is 27.0. The molecule has 2 aromatic rings. The van der Waals surface area contributed by atoms with E-state index in [0.717, 1.165) is 38.4 Å². The van der Waals surface area contributed by atoms with E-state index in [2.05, 4.69) is 18.4 Å². The lowest BCUT2D eigenvalue weighted by Gasteiger charge is -2.41. The molecule has 3 saturated heterocycles. The number of ether oxygens (including phenoxy) is 2. The van der Waals surface area contributed by atoms with Crippen LogP contribution < -0.4 is 15.4 Å². The molecule has 13 heteroatoms. The Labute approximate surface area is 260 Å². The second kappa shape index (κ2) is 11.7. The minimum Gasteiger partial charge on any atom is -0.461 e. The first-order valence-corrected chi connectivity index (χ1v) is 15.5. The van der Waals surface area contributed by atoms with Gasteiger partial charge in [0.2, 0.25) is 5.91 Å². The number of rotatable bonds is 6. The quantitative estimate of drug-likeness (QED) is 0.275. The molecule has 0 spiro atoms. The second-order valence-electron chi connectivity index (χ2n) is 13.0. The van der Waals surface area contributed by atoms with Gasteiger partial charge in [-0.05, 0) is 63.3 Å². The molecule has 4 aliphatic rings. The van der Waals surface area contributed by atoms with Crippen LogP contribution in [0.15, 0.2) is 18.7 Å². The van der Waals surface area contributed by atoms with E-state index in [-0.39, 0.29) is 47.8 Å². The molecule has 6 rings (SSSR count). The monoisotopic (exact) mass is 632 g/mol. The van der Waals surface area contributed by atoms with Gasteiger partial charge >= 0.3 is 12.2 Å². The molecular weight excluding hydrogens is 592 g/mol. The van der Waals surface area contributed by atoms with Gasteiger partial charge in [0, 0.05) is 49.8 Å². The lowest BCUT2D eigenvalue weighted by molar-refractivity contribution is -0.140. The Bertz CT molecular complexity index is 1500. The van der Waals surface area contributed by atoms with Gasteiger partial charge in [-0.25, -0.2) is 4.39 Å². The van der Waals surface area contributed by atoms with Crippen molar-refractivity contribution in [3.63, 3.8) is 0 Å². The number of carbonyl (C=O) groups is 1. The molecule has 1 aromatic heterocycles. The molecule has 5 heterocycles. The van der Waals surface area contributed by atoms with Crippen LogP contribution >= 0.6 is 0 Å². The van der Waals surface area contributed by atoms with Gasteiger partial charge in [-0.1, -0.05) is 13.5 Å². The lowest BCUT2D eigenvalue weighted by atomic mass is 9.91.